The molecule has 4 aromatic rings. The number of thiazole rings is 1. The third-order valence-electron chi connectivity index (χ3n) is 6.77. The van der Waals surface area contributed by atoms with Crippen molar-refractivity contribution < 1.29 is 13.9 Å². The lowest BCUT2D eigenvalue weighted by Gasteiger charge is -2.29. The molecule has 0 spiro atoms. The van der Waals surface area contributed by atoms with Crippen molar-refractivity contribution in [3.63, 3.8) is 0 Å². The molecule has 1 aliphatic heterocycles. The molecule has 4 heterocycles. The van der Waals surface area contributed by atoms with Crippen LogP contribution in [0.4, 0.5) is 0 Å². The number of amides is 1. The van der Waals surface area contributed by atoms with E-state index in [-0.39, 0.29) is 11.5 Å². The number of carbonyl (C=O) groups is 1. The van der Waals surface area contributed by atoms with E-state index < -0.39 is 6.04 Å². The van der Waals surface area contributed by atoms with E-state index in [0.29, 0.717) is 55.5 Å². The molecule has 0 unspecified atom stereocenters. The zero-order valence-corrected chi connectivity index (χ0v) is 25.4. The largest absolute Gasteiger partial charge is 0.496 e. The molecule has 1 aliphatic rings. The second-order valence-corrected chi connectivity index (χ2v) is 11.5. The van der Waals surface area contributed by atoms with Crippen LogP contribution >= 0.6 is 23.1 Å². The normalized spacial score (nSPS) is 15.1. The van der Waals surface area contributed by atoms with Crippen LogP contribution in [0.1, 0.15) is 49.5 Å². The Morgan fingerprint density at radius 2 is 1.83 bits per heavy atom. The van der Waals surface area contributed by atoms with E-state index in [1.807, 2.05) is 77.1 Å². The fourth-order valence-electron chi connectivity index (χ4n) is 4.89. The molecule has 41 heavy (non-hydrogen) atoms. The Labute approximate surface area is 245 Å². The molecule has 0 saturated carbocycles. The average Bonchev–Trinajstić information content (AvgIpc) is 3.50. The summed E-state index contributed by atoms with van der Waals surface area (Å²) in [5.41, 5.74) is 3.26. The summed E-state index contributed by atoms with van der Waals surface area (Å²) in [6.07, 6.45) is 1.71. The maximum atomic E-state index is 14.0. The van der Waals surface area contributed by atoms with E-state index in [1.165, 1.54) is 23.1 Å². The molecule has 3 aromatic heterocycles. The number of ether oxygens (including phenoxy) is 1. The number of fused-ring (bicyclic) bond motifs is 1. The first-order valence-corrected chi connectivity index (χ1v) is 14.9. The van der Waals surface area contributed by atoms with Gasteiger partial charge in [-0.2, -0.15) is 0 Å². The lowest BCUT2D eigenvalue weighted by Crippen LogP contribution is -2.43. The second kappa shape index (κ2) is 11.9. The highest BCUT2D eigenvalue weighted by atomic mass is 32.2. The molecule has 1 atom stereocenters. The minimum Gasteiger partial charge on any atom is -0.496 e. The average molecular weight is 590 g/mol. The molecule has 1 amide bonds. The van der Waals surface area contributed by atoms with E-state index in [9.17, 15) is 9.59 Å². The summed E-state index contributed by atoms with van der Waals surface area (Å²) in [6.45, 7) is 10.6. The SMILES string of the molecule is CCN(CC)C(=O)C1=C(C)N=c2s/c(=C\c3ccc(Sc4nc(C)cc(C)n4)o3)c(=O)n2[C@H]1c1ccccc1OC. The molecule has 0 radical (unpaired) electrons. The number of carbonyl (C=O) groups excluding carboxylic acids is 1. The summed E-state index contributed by atoms with van der Waals surface area (Å²) in [6, 6.07) is 12.3. The third-order valence-corrected chi connectivity index (χ3v) is 8.53. The van der Waals surface area contributed by atoms with Crippen LogP contribution in [0.3, 0.4) is 0 Å². The predicted octanol–water partition coefficient (Wildman–Crippen LogP) is 4.26. The van der Waals surface area contributed by atoms with Crippen LogP contribution in [0, 0.1) is 13.8 Å². The van der Waals surface area contributed by atoms with Crippen molar-refractivity contribution in [1.29, 1.82) is 0 Å². The van der Waals surface area contributed by atoms with Gasteiger partial charge < -0.3 is 14.1 Å². The number of aromatic nitrogens is 3. The zero-order chi connectivity index (χ0) is 29.3. The maximum Gasteiger partial charge on any atom is 0.271 e. The van der Waals surface area contributed by atoms with Gasteiger partial charge in [-0.3, -0.25) is 14.2 Å². The van der Waals surface area contributed by atoms with Gasteiger partial charge in [0.15, 0.2) is 15.1 Å². The molecule has 1 aromatic carbocycles. The molecule has 0 fully saturated rings. The minimum atomic E-state index is -0.693. The maximum absolute atomic E-state index is 14.0. The van der Waals surface area contributed by atoms with Gasteiger partial charge in [-0.05, 0) is 70.6 Å². The van der Waals surface area contributed by atoms with E-state index in [2.05, 4.69) is 9.97 Å². The Kier molecular flexibility index (Phi) is 8.27. The highest BCUT2D eigenvalue weighted by molar-refractivity contribution is 7.99. The first kappa shape index (κ1) is 28.6. The number of rotatable bonds is 8. The first-order chi connectivity index (χ1) is 19.7. The van der Waals surface area contributed by atoms with Gasteiger partial charge in [-0.1, -0.05) is 29.5 Å². The summed E-state index contributed by atoms with van der Waals surface area (Å²) in [5.74, 6) is 0.960. The van der Waals surface area contributed by atoms with E-state index in [4.69, 9.17) is 14.1 Å². The number of likely N-dealkylation sites (N-methyl/N-ethyl adjacent to an activating group) is 1. The van der Waals surface area contributed by atoms with Gasteiger partial charge in [-0.15, -0.1) is 0 Å². The highest BCUT2D eigenvalue weighted by Crippen LogP contribution is 2.36. The van der Waals surface area contributed by atoms with Gasteiger partial charge in [0.05, 0.1) is 22.9 Å². The monoisotopic (exact) mass is 589 g/mol. The Bertz CT molecular complexity index is 1810. The van der Waals surface area contributed by atoms with Crippen molar-refractivity contribution in [2.75, 3.05) is 20.2 Å². The Balaban J connectivity index is 1.61. The predicted molar refractivity (Wildman–Crippen MR) is 159 cm³/mol. The number of hydrogen-bond acceptors (Lipinski definition) is 9. The standard InChI is InChI=1S/C30H31N5O4S2/c1-7-34(8-2)28(37)25-19(5)33-30-35(26(25)21-11-9-10-12-22(21)38-6)27(36)23(40-30)16-20-13-14-24(39-20)41-29-31-17(3)15-18(4)32-29/h9-16,26H,7-8H2,1-6H3/b23-16-/t26-/m0/s1. The van der Waals surface area contributed by atoms with E-state index in [1.54, 1.807) is 22.7 Å². The van der Waals surface area contributed by atoms with Crippen LogP contribution in [0.5, 0.6) is 5.75 Å². The number of benzene rings is 1. The number of allylic oxidation sites excluding steroid dienone is 1. The van der Waals surface area contributed by atoms with E-state index in [0.717, 1.165) is 17.0 Å². The summed E-state index contributed by atoms with van der Waals surface area (Å²) in [5, 5.41) is 1.21. The lowest BCUT2D eigenvalue weighted by atomic mass is 9.94. The fraction of sp³-hybridized carbons (Fsp3) is 0.300. The number of nitrogens with zero attached hydrogens (tertiary/aromatic N) is 5. The van der Waals surface area contributed by atoms with Crippen LogP contribution in [0.2, 0.25) is 0 Å². The van der Waals surface area contributed by atoms with Crippen LogP contribution in [0.15, 0.2) is 78.2 Å². The minimum absolute atomic E-state index is 0.150. The number of hydrogen-bond donors (Lipinski definition) is 0. The molecule has 9 nitrogen and oxygen atoms in total. The van der Waals surface area contributed by atoms with Gasteiger partial charge in [-0.25, -0.2) is 15.0 Å². The van der Waals surface area contributed by atoms with Crippen molar-refractivity contribution in [2.24, 2.45) is 4.99 Å². The van der Waals surface area contributed by atoms with Crippen LogP contribution in [-0.2, 0) is 4.79 Å². The Hall–Kier alpha value is -3.96. The summed E-state index contributed by atoms with van der Waals surface area (Å²) >= 11 is 2.58. The summed E-state index contributed by atoms with van der Waals surface area (Å²) in [4.78, 5) is 43.7. The van der Waals surface area contributed by atoms with Crippen molar-refractivity contribution in [3.8, 4) is 5.75 Å². The lowest BCUT2D eigenvalue weighted by molar-refractivity contribution is -0.127. The van der Waals surface area contributed by atoms with Gasteiger partial charge >= 0.3 is 0 Å². The van der Waals surface area contributed by atoms with E-state index >= 15 is 0 Å². The van der Waals surface area contributed by atoms with Crippen LogP contribution in [-0.4, -0.2) is 45.5 Å². The summed E-state index contributed by atoms with van der Waals surface area (Å²) in [7, 11) is 1.58. The molecule has 0 saturated heterocycles. The summed E-state index contributed by atoms with van der Waals surface area (Å²) < 4.78 is 13.7. The fourth-order valence-corrected chi connectivity index (χ4v) is 6.75. The van der Waals surface area contributed by atoms with Crippen molar-refractivity contribution in [2.45, 2.75) is 50.9 Å². The molecular weight excluding hydrogens is 558 g/mol. The van der Waals surface area contributed by atoms with Crippen LogP contribution in [0.25, 0.3) is 6.08 Å². The van der Waals surface area contributed by atoms with Gasteiger partial charge in [0.25, 0.3) is 11.5 Å². The molecular formula is C30H31N5O4S2. The molecule has 0 aliphatic carbocycles. The Morgan fingerprint density at radius 3 is 2.51 bits per heavy atom. The second-order valence-electron chi connectivity index (χ2n) is 9.49. The highest BCUT2D eigenvalue weighted by Gasteiger charge is 2.35. The molecule has 0 bridgehead atoms. The van der Waals surface area contributed by atoms with Crippen molar-refractivity contribution in [3.05, 3.63) is 96.1 Å². The number of furan rings is 1. The zero-order valence-electron chi connectivity index (χ0n) is 23.8. The smallest absolute Gasteiger partial charge is 0.271 e. The number of aryl methyl sites for hydroxylation is 2. The van der Waals surface area contributed by atoms with Crippen molar-refractivity contribution >= 4 is 35.1 Å². The first-order valence-electron chi connectivity index (χ1n) is 13.3. The number of para-hydroxylation sites is 1. The van der Waals surface area contributed by atoms with Gasteiger partial charge in [0.1, 0.15) is 17.6 Å². The van der Waals surface area contributed by atoms with Crippen LogP contribution < -0.4 is 19.6 Å². The molecule has 212 valence electrons. The molecule has 5 rings (SSSR count). The van der Waals surface area contributed by atoms with Gasteiger partial charge in [0.2, 0.25) is 0 Å². The third kappa shape index (κ3) is 5.64. The number of methoxy groups -OCH3 is 1. The Morgan fingerprint density at radius 1 is 1.12 bits per heavy atom. The topological polar surface area (TPSA) is 103 Å². The van der Waals surface area contributed by atoms with Crippen molar-refractivity contribution in [1.82, 2.24) is 19.4 Å². The molecule has 0 N–H and O–H groups in total. The van der Waals surface area contributed by atoms with Gasteiger partial charge in [0, 0.05) is 36.1 Å². The molecule has 11 heteroatoms. The quantitative estimate of drug-likeness (QED) is 0.283.